The van der Waals surface area contributed by atoms with Crippen molar-refractivity contribution in [1.82, 2.24) is 19.5 Å². The molecule has 1 unspecified atom stereocenters. The molecule has 5 nitrogen and oxygen atoms in total. The highest BCUT2D eigenvalue weighted by molar-refractivity contribution is 5.39. The Morgan fingerprint density at radius 2 is 2.04 bits per heavy atom. The molecular formula is C20H24N4O. The van der Waals surface area contributed by atoms with Gasteiger partial charge in [0, 0.05) is 36.3 Å². The Morgan fingerprint density at radius 1 is 1.24 bits per heavy atom. The molecule has 1 aliphatic rings. The van der Waals surface area contributed by atoms with Crippen LogP contribution in [0, 0.1) is 6.92 Å². The second-order valence-electron chi connectivity index (χ2n) is 7.46. The zero-order valence-electron chi connectivity index (χ0n) is 14.8. The molecule has 1 fully saturated rings. The monoisotopic (exact) mass is 336 g/mol. The third-order valence-corrected chi connectivity index (χ3v) is 5.26. The fraction of sp³-hybridized carbons (Fsp3) is 0.400. The summed E-state index contributed by atoms with van der Waals surface area (Å²) in [5.74, 6) is 0. The molecule has 1 saturated heterocycles. The molecule has 25 heavy (non-hydrogen) atoms. The van der Waals surface area contributed by atoms with Gasteiger partial charge in [-0.3, -0.25) is 14.8 Å². The van der Waals surface area contributed by atoms with Crippen molar-refractivity contribution in [2.75, 3.05) is 13.1 Å². The summed E-state index contributed by atoms with van der Waals surface area (Å²) in [6.07, 6.45) is 2.36. The summed E-state index contributed by atoms with van der Waals surface area (Å²) in [7, 11) is 0. The van der Waals surface area contributed by atoms with E-state index >= 15 is 0 Å². The molecule has 3 heterocycles. The minimum absolute atomic E-state index is 0.0454. The quantitative estimate of drug-likeness (QED) is 0.800. The molecule has 0 bridgehead atoms. The van der Waals surface area contributed by atoms with Crippen LogP contribution in [0.2, 0.25) is 0 Å². The van der Waals surface area contributed by atoms with E-state index < -0.39 is 0 Å². The van der Waals surface area contributed by atoms with E-state index in [9.17, 15) is 4.79 Å². The predicted molar refractivity (Wildman–Crippen MR) is 98.9 cm³/mol. The smallest absolute Gasteiger partial charge is 0.272 e. The number of fused-ring (bicyclic) bond motifs is 1. The first-order chi connectivity index (χ1) is 12.0. The Bertz CT molecular complexity index is 943. The fourth-order valence-electron chi connectivity index (χ4n) is 4.03. The lowest BCUT2D eigenvalue weighted by Crippen LogP contribution is -2.44. The molecule has 2 aromatic heterocycles. The van der Waals surface area contributed by atoms with Crippen LogP contribution in [0.15, 0.2) is 47.3 Å². The zero-order valence-corrected chi connectivity index (χ0v) is 14.8. The van der Waals surface area contributed by atoms with Crippen LogP contribution in [-0.2, 0) is 12.0 Å². The normalized spacial score (nSPS) is 21.7. The van der Waals surface area contributed by atoms with E-state index in [1.165, 1.54) is 16.5 Å². The van der Waals surface area contributed by atoms with Crippen LogP contribution in [0.5, 0.6) is 0 Å². The number of nitrogens with zero attached hydrogens (tertiary/aromatic N) is 3. The van der Waals surface area contributed by atoms with Gasteiger partial charge >= 0.3 is 0 Å². The van der Waals surface area contributed by atoms with Crippen LogP contribution in [0.4, 0.5) is 0 Å². The van der Waals surface area contributed by atoms with Crippen molar-refractivity contribution in [3.05, 3.63) is 69.8 Å². The first-order valence-electron chi connectivity index (χ1n) is 8.90. The van der Waals surface area contributed by atoms with Crippen LogP contribution >= 0.6 is 0 Å². The van der Waals surface area contributed by atoms with Crippen molar-refractivity contribution in [2.45, 2.75) is 38.6 Å². The van der Waals surface area contributed by atoms with Crippen molar-refractivity contribution < 1.29 is 0 Å². The van der Waals surface area contributed by atoms with Crippen LogP contribution < -0.4 is 5.56 Å². The topological polar surface area (TPSA) is 53.4 Å². The molecule has 0 spiro atoms. The molecule has 1 aliphatic heterocycles. The summed E-state index contributed by atoms with van der Waals surface area (Å²) in [4.78, 5) is 19.4. The molecule has 0 saturated carbocycles. The molecule has 5 heteroatoms. The standard InChI is InChI=1S/C20H24N4O/c1-15-11-18-21-17(12-19(25)24(18)22-15)13-23-10-6-9-20(2,14-23)16-7-4-3-5-8-16/h3-5,7-8,11-12,22H,6,9-10,13-14H2,1-2H3. The summed E-state index contributed by atoms with van der Waals surface area (Å²) < 4.78 is 1.50. The van der Waals surface area contributed by atoms with Gasteiger partial charge < -0.3 is 0 Å². The number of benzene rings is 1. The number of likely N-dealkylation sites (tertiary alicyclic amines) is 1. The molecule has 0 amide bonds. The highest BCUT2D eigenvalue weighted by atomic mass is 16.1. The predicted octanol–water partition coefficient (Wildman–Crippen LogP) is 2.88. The molecule has 3 aromatic rings. The van der Waals surface area contributed by atoms with Crippen molar-refractivity contribution in [1.29, 1.82) is 0 Å². The van der Waals surface area contributed by atoms with E-state index in [1.54, 1.807) is 6.07 Å². The molecule has 0 radical (unpaired) electrons. The number of hydrogen-bond acceptors (Lipinski definition) is 3. The van der Waals surface area contributed by atoms with Gasteiger partial charge in [0.25, 0.3) is 5.56 Å². The maximum Gasteiger partial charge on any atom is 0.272 e. The van der Waals surface area contributed by atoms with Crippen molar-refractivity contribution in [3.8, 4) is 0 Å². The second-order valence-corrected chi connectivity index (χ2v) is 7.46. The van der Waals surface area contributed by atoms with Gasteiger partial charge in [0.15, 0.2) is 5.65 Å². The Labute approximate surface area is 147 Å². The summed E-state index contributed by atoms with van der Waals surface area (Å²) in [6.45, 7) is 7.04. The van der Waals surface area contributed by atoms with Crippen LogP contribution in [0.25, 0.3) is 5.65 Å². The van der Waals surface area contributed by atoms with Gasteiger partial charge in [0.2, 0.25) is 0 Å². The average Bonchev–Trinajstić information content (AvgIpc) is 2.97. The van der Waals surface area contributed by atoms with Gasteiger partial charge in [-0.1, -0.05) is 37.3 Å². The summed E-state index contributed by atoms with van der Waals surface area (Å²) in [5.41, 5.74) is 3.99. The Kier molecular flexibility index (Phi) is 3.96. The molecule has 1 N–H and O–H groups in total. The third-order valence-electron chi connectivity index (χ3n) is 5.26. The summed E-state index contributed by atoms with van der Waals surface area (Å²) in [5, 5.41) is 3.02. The molecule has 4 rings (SSSR count). The lowest BCUT2D eigenvalue weighted by atomic mass is 9.76. The summed E-state index contributed by atoms with van der Waals surface area (Å²) >= 11 is 0. The van der Waals surface area contributed by atoms with Crippen molar-refractivity contribution >= 4 is 5.65 Å². The average molecular weight is 336 g/mol. The zero-order chi connectivity index (χ0) is 17.4. The number of H-pyrrole nitrogens is 1. The molecule has 1 atom stereocenters. The number of piperidine rings is 1. The SMILES string of the molecule is Cc1cc2nc(CN3CCCC(C)(c4ccccc4)C3)cc(=O)n2[nH]1. The first-order valence-corrected chi connectivity index (χ1v) is 8.90. The van der Waals surface area contributed by atoms with Gasteiger partial charge in [-0.05, 0) is 31.9 Å². The Morgan fingerprint density at radius 3 is 2.84 bits per heavy atom. The maximum absolute atomic E-state index is 12.3. The van der Waals surface area contributed by atoms with Crippen LogP contribution in [-0.4, -0.2) is 32.6 Å². The van der Waals surface area contributed by atoms with Gasteiger partial charge in [-0.2, -0.15) is 0 Å². The largest absolute Gasteiger partial charge is 0.297 e. The minimum atomic E-state index is -0.0454. The Hall–Kier alpha value is -2.40. The van der Waals surface area contributed by atoms with E-state index in [0.717, 1.165) is 37.4 Å². The van der Waals surface area contributed by atoms with Gasteiger partial charge in [0.05, 0.1) is 5.69 Å². The van der Waals surface area contributed by atoms with E-state index in [0.29, 0.717) is 5.65 Å². The number of aromatic amines is 1. The lowest BCUT2D eigenvalue weighted by molar-refractivity contribution is 0.148. The molecule has 1 aromatic carbocycles. The first kappa shape index (κ1) is 16.1. The molecular weight excluding hydrogens is 312 g/mol. The van der Waals surface area contributed by atoms with E-state index in [4.69, 9.17) is 0 Å². The number of nitrogens with one attached hydrogen (secondary N) is 1. The van der Waals surface area contributed by atoms with E-state index in [1.807, 2.05) is 13.0 Å². The number of aryl methyl sites for hydroxylation is 1. The van der Waals surface area contributed by atoms with Crippen molar-refractivity contribution in [2.24, 2.45) is 0 Å². The highest BCUT2D eigenvalue weighted by Crippen LogP contribution is 2.33. The molecule has 130 valence electrons. The third kappa shape index (κ3) is 3.12. The van der Waals surface area contributed by atoms with Gasteiger partial charge in [-0.25, -0.2) is 9.50 Å². The summed E-state index contributed by atoms with van der Waals surface area (Å²) in [6, 6.07) is 14.3. The number of hydrogen-bond donors (Lipinski definition) is 1. The highest BCUT2D eigenvalue weighted by Gasteiger charge is 2.32. The fourth-order valence-corrected chi connectivity index (χ4v) is 4.03. The van der Waals surface area contributed by atoms with Crippen molar-refractivity contribution in [3.63, 3.8) is 0 Å². The van der Waals surface area contributed by atoms with Gasteiger partial charge in [-0.15, -0.1) is 0 Å². The van der Waals surface area contributed by atoms with Crippen LogP contribution in [0.1, 0.15) is 36.7 Å². The van der Waals surface area contributed by atoms with E-state index in [2.05, 4.69) is 52.2 Å². The Balaban J connectivity index is 1.57. The lowest BCUT2D eigenvalue weighted by Gasteiger charge is -2.41. The maximum atomic E-state index is 12.3. The van der Waals surface area contributed by atoms with Gasteiger partial charge in [0.1, 0.15) is 0 Å². The van der Waals surface area contributed by atoms with Crippen LogP contribution in [0.3, 0.4) is 0 Å². The minimum Gasteiger partial charge on any atom is -0.297 e. The van der Waals surface area contributed by atoms with E-state index in [-0.39, 0.29) is 11.0 Å². The number of rotatable bonds is 3. The number of aromatic nitrogens is 3. The molecule has 0 aliphatic carbocycles. The second kappa shape index (κ2) is 6.15.